The zero-order valence-electron chi connectivity index (χ0n) is 11.7. The highest BCUT2D eigenvalue weighted by molar-refractivity contribution is 5.83. The van der Waals surface area contributed by atoms with E-state index in [0.717, 1.165) is 18.8 Å². The van der Waals surface area contributed by atoms with Crippen molar-refractivity contribution in [1.82, 2.24) is 0 Å². The van der Waals surface area contributed by atoms with Gasteiger partial charge in [-0.15, -0.1) is 0 Å². The van der Waals surface area contributed by atoms with E-state index in [1.807, 2.05) is 0 Å². The van der Waals surface area contributed by atoms with Crippen molar-refractivity contribution < 1.29 is 0 Å². The molecule has 0 saturated heterocycles. The predicted molar refractivity (Wildman–Crippen MR) is 82.1 cm³/mol. The van der Waals surface area contributed by atoms with E-state index in [0.29, 0.717) is 0 Å². The summed E-state index contributed by atoms with van der Waals surface area (Å²) in [6.07, 6.45) is 6.11. The molecule has 0 aromatic heterocycles. The number of benzene rings is 2. The van der Waals surface area contributed by atoms with E-state index in [-0.39, 0.29) is 5.54 Å². The van der Waals surface area contributed by atoms with E-state index in [1.54, 1.807) is 0 Å². The first-order valence-electron chi connectivity index (χ1n) is 7.49. The third-order valence-corrected chi connectivity index (χ3v) is 4.90. The van der Waals surface area contributed by atoms with Gasteiger partial charge in [-0.1, -0.05) is 49.7 Å². The van der Waals surface area contributed by atoms with Crippen molar-refractivity contribution in [2.75, 3.05) is 0 Å². The minimum absolute atomic E-state index is 0.101. The van der Waals surface area contributed by atoms with Crippen LogP contribution in [0.15, 0.2) is 42.5 Å². The summed E-state index contributed by atoms with van der Waals surface area (Å²) in [5, 5.41) is 2.61. The number of nitrogens with two attached hydrogens (primary N) is 1. The topological polar surface area (TPSA) is 26.0 Å². The molecule has 2 aromatic rings. The van der Waals surface area contributed by atoms with E-state index < -0.39 is 0 Å². The average Bonchev–Trinajstić information content (AvgIpc) is 2.47. The SMILES string of the molecule is CCC1CCC(N)(c2ccc3ccccc3c2)CC1. The molecule has 0 heterocycles. The summed E-state index contributed by atoms with van der Waals surface area (Å²) in [5.41, 5.74) is 7.91. The van der Waals surface area contributed by atoms with E-state index in [1.165, 1.54) is 35.6 Å². The van der Waals surface area contributed by atoms with Gasteiger partial charge >= 0.3 is 0 Å². The molecule has 19 heavy (non-hydrogen) atoms. The second kappa shape index (κ2) is 4.97. The first-order chi connectivity index (χ1) is 9.21. The zero-order chi connectivity index (χ0) is 13.3. The Bertz CT molecular complexity index is 565. The lowest BCUT2D eigenvalue weighted by Crippen LogP contribution is -2.40. The largest absolute Gasteiger partial charge is 0.321 e. The predicted octanol–water partition coefficient (Wildman–Crippen LogP) is 4.59. The number of hydrogen-bond donors (Lipinski definition) is 1. The Labute approximate surface area is 115 Å². The zero-order valence-corrected chi connectivity index (χ0v) is 11.7. The van der Waals surface area contributed by atoms with Crippen LogP contribution < -0.4 is 5.73 Å². The maximum Gasteiger partial charge on any atom is 0.0410 e. The quantitative estimate of drug-likeness (QED) is 0.832. The first kappa shape index (κ1) is 12.7. The highest BCUT2D eigenvalue weighted by Gasteiger charge is 2.32. The van der Waals surface area contributed by atoms with Crippen LogP contribution in [0.25, 0.3) is 10.8 Å². The van der Waals surface area contributed by atoms with Gasteiger partial charge in [0.1, 0.15) is 0 Å². The molecule has 3 rings (SSSR count). The summed E-state index contributed by atoms with van der Waals surface area (Å²) in [6, 6.07) is 15.3. The van der Waals surface area contributed by atoms with Gasteiger partial charge < -0.3 is 5.73 Å². The molecule has 1 saturated carbocycles. The Kier molecular flexibility index (Phi) is 3.32. The van der Waals surface area contributed by atoms with Gasteiger partial charge in [-0.3, -0.25) is 0 Å². The molecule has 1 aliphatic rings. The molecular weight excluding hydrogens is 230 g/mol. The average molecular weight is 253 g/mol. The molecule has 0 atom stereocenters. The molecule has 0 radical (unpaired) electrons. The van der Waals surface area contributed by atoms with E-state index in [2.05, 4.69) is 49.4 Å². The molecule has 2 N–H and O–H groups in total. The molecule has 0 amide bonds. The van der Waals surface area contributed by atoms with Crippen molar-refractivity contribution in [3.8, 4) is 0 Å². The highest BCUT2D eigenvalue weighted by atomic mass is 14.7. The van der Waals surface area contributed by atoms with Gasteiger partial charge in [0.25, 0.3) is 0 Å². The smallest absolute Gasteiger partial charge is 0.0410 e. The molecule has 100 valence electrons. The van der Waals surface area contributed by atoms with Gasteiger partial charge in [0.15, 0.2) is 0 Å². The van der Waals surface area contributed by atoms with Gasteiger partial charge in [-0.05, 0) is 54.0 Å². The Morgan fingerprint density at radius 3 is 2.42 bits per heavy atom. The molecule has 1 heteroatoms. The maximum atomic E-state index is 6.69. The summed E-state index contributed by atoms with van der Waals surface area (Å²) in [4.78, 5) is 0. The van der Waals surface area contributed by atoms with Gasteiger partial charge in [0, 0.05) is 5.54 Å². The van der Waals surface area contributed by atoms with E-state index in [9.17, 15) is 0 Å². The normalized spacial score (nSPS) is 27.6. The lowest BCUT2D eigenvalue weighted by Gasteiger charge is -2.37. The van der Waals surface area contributed by atoms with Crippen molar-refractivity contribution >= 4 is 10.8 Å². The summed E-state index contributed by atoms with van der Waals surface area (Å²) >= 11 is 0. The molecule has 0 unspecified atom stereocenters. The van der Waals surface area contributed by atoms with Crippen LogP contribution in [-0.2, 0) is 5.54 Å². The monoisotopic (exact) mass is 253 g/mol. The fourth-order valence-corrected chi connectivity index (χ4v) is 3.39. The summed E-state index contributed by atoms with van der Waals surface area (Å²) in [6.45, 7) is 2.30. The third kappa shape index (κ3) is 2.40. The van der Waals surface area contributed by atoms with Crippen LogP contribution in [0.3, 0.4) is 0 Å². The molecular formula is C18H23N. The second-order valence-corrected chi connectivity index (χ2v) is 6.07. The first-order valence-corrected chi connectivity index (χ1v) is 7.49. The minimum Gasteiger partial charge on any atom is -0.321 e. The summed E-state index contributed by atoms with van der Waals surface area (Å²) < 4.78 is 0. The lowest BCUT2D eigenvalue weighted by molar-refractivity contribution is 0.232. The summed E-state index contributed by atoms with van der Waals surface area (Å²) in [5.74, 6) is 0.886. The molecule has 2 aromatic carbocycles. The standard InChI is InChI=1S/C18H23N/c1-2-14-9-11-18(19,12-10-14)17-8-7-15-5-3-4-6-16(15)13-17/h3-8,13-14H,2,9-12,19H2,1H3. The van der Waals surface area contributed by atoms with Crippen LogP contribution in [-0.4, -0.2) is 0 Å². The van der Waals surface area contributed by atoms with Crippen molar-refractivity contribution in [3.05, 3.63) is 48.0 Å². The Morgan fingerprint density at radius 1 is 1.05 bits per heavy atom. The molecule has 1 aliphatic carbocycles. The van der Waals surface area contributed by atoms with E-state index in [4.69, 9.17) is 5.73 Å². The molecule has 0 bridgehead atoms. The van der Waals surface area contributed by atoms with Crippen LogP contribution >= 0.6 is 0 Å². The molecule has 0 aliphatic heterocycles. The van der Waals surface area contributed by atoms with Crippen LogP contribution in [0.5, 0.6) is 0 Å². The Balaban J connectivity index is 1.91. The maximum absolute atomic E-state index is 6.69. The molecule has 1 nitrogen and oxygen atoms in total. The minimum atomic E-state index is -0.101. The Hall–Kier alpha value is -1.34. The van der Waals surface area contributed by atoms with Crippen LogP contribution in [0.1, 0.15) is 44.6 Å². The van der Waals surface area contributed by atoms with Crippen molar-refractivity contribution in [1.29, 1.82) is 0 Å². The van der Waals surface area contributed by atoms with Gasteiger partial charge in [-0.25, -0.2) is 0 Å². The van der Waals surface area contributed by atoms with Crippen molar-refractivity contribution in [3.63, 3.8) is 0 Å². The van der Waals surface area contributed by atoms with Gasteiger partial charge in [-0.2, -0.15) is 0 Å². The van der Waals surface area contributed by atoms with Gasteiger partial charge in [0.05, 0.1) is 0 Å². The fraction of sp³-hybridized carbons (Fsp3) is 0.444. The molecule has 0 spiro atoms. The van der Waals surface area contributed by atoms with E-state index >= 15 is 0 Å². The second-order valence-electron chi connectivity index (χ2n) is 6.07. The van der Waals surface area contributed by atoms with Crippen molar-refractivity contribution in [2.45, 2.75) is 44.6 Å². The van der Waals surface area contributed by atoms with Gasteiger partial charge in [0.2, 0.25) is 0 Å². The number of fused-ring (bicyclic) bond motifs is 1. The highest BCUT2D eigenvalue weighted by Crippen LogP contribution is 2.39. The van der Waals surface area contributed by atoms with Crippen LogP contribution in [0.2, 0.25) is 0 Å². The number of hydrogen-bond acceptors (Lipinski definition) is 1. The fourth-order valence-electron chi connectivity index (χ4n) is 3.39. The number of rotatable bonds is 2. The van der Waals surface area contributed by atoms with Crippen LogP contribution in [0.4, 0.5) is 0 Å². The summed E-state index contributed by atoms with van der Waals surface area (Å²) in [7, 11) is 0. The Morgan fingerprint density at radius 2 is 1.74 bits per heavy atom. The third-order valence-electron chi connectivity index (χ3n) is 4.90. The molecule has 1 fully saturated rings. The van der Waals surface area contributed by atoms with Crippen LogP contribution in [0, 0.1) is 5.92 Å². The van der Waals surface area contributed by atoms with Crippen molar-refractivity contribution in [2.24, 2.45) is 11.7 Å². The lowest BCUT2D eigenvalue weighted by atomic mass is 9.72.